The van der Waals surface area contributed by atoms with Gasteiger partial charge in [0.2, 0.25) is 0 Å². The van der Waals surface area contributed by atoms with Crippen LogP contribution in [-0.2, 0) is 9.84 Å². The first-order valence-corrected chi connectivity index (χ1v) is 11.1. The van der Waals surface area contributed by atoms with Crippen LogP contribution in [0.5, 0.6) is 0 Å². The van der Waals surface area contributed by atoms with Crippen molar-refractivity contribution in [3.63, 3.8) is 0 Å². The van der Waals surface area contributed by atoms with Crippen molar-refractivity contribution in [1.82, 2.24) is 15.5 Å². The van der Waals surface area contributed by atoms with Crippen molar-refractivity contribution < 1.29 is 8.42 Å². The molecule has 0 spiro atoms. The van der Waals surface area contributed by atoms with Gasteiger partial charge in [0.1, 0.15) is 0 Å². The van der Waals surface area contributed by atoms with Crippen molar-refractivity contribution >= 4 is 39.8 Å². The van der Waals surface area contributed by atoms with Gasteiger partial charge in [-0.3, -0.25) is 9.89 Å². The van der Waals surface area contributed by atoms with Crippen LogP contribution in [0.15, 0.2) is 4.99 Å². The Hall–Kier alpha value is -0.0900. The summed E-state index contributed by atoms with van der Waals surface area (Å²) in [5.41, 5.74) is 0. The lowest BCUT2D eigenvalue weighted by atomic mass is 10.0. The molecule has 1 aliphatic heterocycles. The number of likely N-dealkylation sites (tertiary alicyclic amines) is 1. The molecule has 6 nitrogen and oxygen atoms in total. The van der Waals surface area contributed by atoms with Crippen LogP contribution in [0, 0.1) is 5.92 Å². The lowest BCUT2D eigenvalue weighted by Gasteiger charge is -2.34. The van der Waals surface area contributed by atoms with Crippen LogP contribution in [0.3, 0.4) is 0 Å². The molecule has 1 saturated heterocycles. The highest BCUT2D eigenvalue weighted by atomic mass is 127. The minimum atomic E-state index is -2.94. The van der Waals surface area contributed by atoms with Gasteiger partial charge in [-0.15, -0.1) is 24.0 Å². The summed E-state index contributed by atoms with van der Waals surface area (Å²) in [6.45, 7) is 9.78. The van der Waals surface area contributed by atoms with Crippen LogP contribution in [0.2, 0.25) is 0 Å². The molecule has 0 amide bonds. The Bertz CT molecular complexity index is 475. The lowest BCUT2D eigenvalue weighted by molar-refractivity contribution is 0.161. The topological polar surface area (TPSA) is 73.8 Å². The maximum absolute atomic E-state index is 11.6. The Morgan fingerprint density at radius 1 is 1.12 bits per heavy atom. The lowest BCUT2D eigenvalue weighted by Crippen LogP contribution is -2.50. The van der Waals surface area contributed by atoms with Gasteiger partial charge in [-0.1, -0.05) is 33.6 Å². The Balaban J connectivity index is 0.00000576. The number of halogens is 1. The SMILES string of the molecule is CCS(=O)(=O)CCNC(=NC)NCC(C(C)C)N1CCCCCC1.I. The van der Waals surface area contributed by atoms with Gasteiger partial charge in [0.15, 0.2) is 15.8 Å². The Kier molecular flexibility index (Phi) is 13.1. The number of guanidine groups is 1. The molecular formula is C17H37IN4O2S. The predicted molar refractivity (Wildman–Crippen MR) is 118 cm³/mol. The third-order valence-corrected chi connectivity index (χ3v) is 6.43. The van der Waals surface area contributed by atoms with Crippen LogP contribution < -0.4 is 10.6 Å². The molecular weight excluding hydrogens is 451 g/mol. The second-order valence-electron chi connectivity index (χ2n) is 6.88. The van der Waals surface area contributed by atoms with Crippen molar-refractivity contribution in [3.05, 3.63) is 0 Å². The van der Waals surface area contributed by atoms with E-state index in [1.807, 2.05) is 0 Å². The number of hydrogen-bond donors (Lipinski definition) is 2. The number of sulfone groups is 1. The molecule has 150 valence electrons. The average Bonchev–Trinajstić information content (AvgIpc) is 2.82. The van der Waals surface area contributed by atoms with E-state index in [4.69, 9.17) is 0 Å². The highest BCUT2D eigenvalue weighted by Gasteiger charge is 2.22. The molecule has 0 radical (unpaired) electrons. The van der Waals surface area contributed by atoms with Crippen molar-refractivity contribution in [2.75, 3.05) is 44.7 Å². The van der Waals surface area contributed by atoms with Crippen molar-refractivity contribution in [2.45, 2.75) is 52.5 Å². The largest absolute Gasteiger partial charge is 0.355 e. The third kappa shape index (κ3) is 9.98. The maximum atomic E-state index is 11.6. The Morgan fingerprint density at radius 3 is 2.20 bits per heavy atom. The van der Waals surface area contributed by atoms with Crippen LogP contribution in [0.25, 0.3) is 0 Å². The van der Waals surface area contributed by atoms with Gasteiger partial charge < -0.3 is 10.6 Å². The highest BCUT2D eigenvalue weighted by molar-refractivity contribution is 14.0. The molecule has 1 atom stereocenters. The molecule has 0 aromatic carbocycles. The van der Waals surface area contributed by atoms with E-state index < -0.39 is 9.84 Å². The van der Waals surface area contributed by atoms with Crippen LogP contribution >= 0.6 is 24.0 Å². The summed E-state index contributed by atoms with van der Waals surface area (Å²) in [4.78, 5) is 6.81. The molecule has 2 N–H and O–H groups in total. The molecule has 0 bridgehead atoms. The van der Waals surface area contributed by atoms with Crippen molar-refractivity contribution in [1.29, 1.82) is 0 Å². The van der Waals surface area contributed by atoms with Crippen LogP contribution in [0.1, 0.15) is 46.5 Å². The zero-order chi connectivity index (χ0) is 18.0. The van der Waals surface area contributed by atoms with Crippen LogP contribution in [-0.4, -0.2) is 70.1 Å². The number of aliphatic imine (C=N–C) groups is 1. The first-order chi connectivity index (χ1) is 11.4. The minimum absolute atomic E-state index is 0. The van der Waals surface area contributed by atoms with E-state index in [0.717, 1.165) is 6.54 Å². The summed E-state index contributed by atoms with van der Waals surface area (Å²) in [5.74, 6) is 1.57. The summed E-state index contributed by atoms with van der Waals surface area (Å²) < 4.78 is 23.1. The van der Waals surface area contributed by atoms with Gasteiger partial charge in [-0.05, 0) is 31.8 Å². The first kappa shape index (κ1) is 24.9. The number of hydrogen-bond acceptors (Lipinski definition) is 4. The maximum Gasteiger partial charge on any atom is 0.191 e. The Labute approximate surface area is 171 Å². The Morgan fingerprint density at radius 2 is 1.72 bits per heavy atom. The molecule has 1 aliphatic rings. The van der Waals surface area contributed by atoms with Crippen molar-refractivity contribution in [3.8, 4) is 0 Å². The second kappa shape index (κ2) is 13.1. The van der Waals surface area contributed by atoms with E-state index in [-0.39, 0.29) is 35.5 Å². The molecule has 1 unspecified atom stereocenters. The van der Waals surface area contributed by atoms with Gasteiger partial charge >= 0.3 is 0 Å². The van der Waals surface area contributed by atoms with E-state index in [2.05, 4.69) is 34.4 Å². The standard InChI is InChI=1S/C17H36N4O2S.HI/c1-5-24(22,23)13-10-19-17(18-4)20-14-16(15(2)3)21-11-8-6-7-9-12-21;/h15-16H,5-14H2,1-4H3,(H2,18,19,20);1H. The number of rotatable bonds is 8. The van der Waals surface area contributed by atoms with E-state index in [1.165, 1.54) is 38.8 Å². The zero-order valence-corrected chi connectivity index (χ0v) is 19.4. The van der Waals surface area contributed by atoms with Crippen molar-refractivity contribution in [2.24, 2.45) is 10.9 Å². The molecule has 1 rings (SSSR count). The monoisotopic (exact) mass is 488 g/mol. The fraction of sp³-hybridized carbons (Fsp3) is 0.941. The highest BCUT2D eigenvalue weighted by Crippen LogP contribution is 2.16. The fourth-order valence-corrected chi connectivity index (χ4v) is 3.81. The summed E-state index contributed by atoms with van der Waals surface area (Å²) in [6, 6.07) is 0.473. The number of nitrogens with one attached hydrogen (secondary N) is 2. The van der Waals surface area contributed by atoms with E-state index >= 15 is 0 Å². The summed E-state index contributed by atoms with van der Waals surface area (Å²) in [7, 11) is -1.22. The molecule has 1 heterocycles. The van der Waals surface area contributed by atoms with Gasteiger partial charge in [-0.25, -0.2) is 8.42 Å². The quantitative estimate of drug-likeness (QED) is 0.311. The third-order valence-electron chi connectivity index (χ3n) is 4.73. The second-order valence-corrected chi connectivity index (χ2v) is 9.35. The van der Waals surface area contributed by atoms with E-state index in [0.29, 0.717) is 24.5 Å². The van der Waals surface area contributed by atoms with E-state index in [1.54, 1.807) is 14.0 Å². The smallest absolute Gasteiger partial charge is 0.191 e. The normalized spacial score (nSPS) is 18.4. The predicted octanol–water partition coefficient (Wildman–Crippen LogP) is 2.10. The molecule has 0 aromatic heterocycles. The average molecular weight is 488 g/mol. The zero-order valence-electron chi connectivity index (χ0n) is 16.3. The van der Waals surface area contributed by atoms with E-state index in [9.17, 15) is 8.42 Å². The molecule has 25 heavy (non-hydrogen) atoms. The number of nitrogens with zero attached hydrogens (tertiary/aromatic N) is 2. The van der Waals surface area contributed by atoms with Gasteiger partial charge in [-0.2, -0.15) is 0 Å². The minimum Gasteiger partial charge on any atom is -0.355 e. The molecule has 1 fully saturated rings. The summed E-state index contributed by atoms with van der Waals surface area (Å²) in [6.07, 6.45) is 5.24. The first-order valence-electron chi connectivity index (χ1n) is 9.28. The van der Waals surface area contributed by atoms with Gasteiger partial charge in [0, 0.05) is 31.9 Å². The molecule has 8 heteroatoms. The van der Waals surface area contributed by atoms with Crippen LogP contribution in [0.4, 0.5) is 0 Å². The van der Waals surface area contributed by atoms with Gasteiger partial charge in [0.05, 0.1) is 5.75 Å². The molecule has 0 aliphatic carbocycles. The molecule has 0 aromatic rings. The fourth-order valence-electron chi connectivity index (χ4n) is 3.10. The molecule has 0 saturated carbocycles. The summed E-state index contributed by atoms with van der Waals surface area (Å²) >= 11 is 0. The van der Waals surface area contributed by atoms with Gasteiger partial charge in [0.25, 0.3) is 0 Å². The summed E-state index contributed by atoms with van der Waals surface area (Å²) in [5, 5.41) is 6.49.